The number of hydrogen-bond donors (Lipinski definition) is 1. The van der Waals surface area contributed by atoms with Crippen LogP contribution in [0.3, 0.4) is 0 Å². The van der Waals surface area contributed by atoms with Crippen LogP contribution in [0.5, 0.6) is 11.5 Å². The van der Waals surface area contributed by atoms with Gasteiger partial charge in [0.1, 0.15) is 17.3 Å². The van der Waals surface area contributed by atoms with E-state index in [2.05, 4.69) is 36.2 Å². The average molecular weight is 475 g/mol. The van der Waals surface area contributed by atoms with E-state index in [1.54, 1.807) is 24.3 Å². The van der Waals surface area contributed by atoms with Crippen LogP contribution in [0.4, 0.5) is 16.2 Å². The molecule has 2 amide bonds. The Hall–Kier alpha value is -3.51. The number of carbonyl (C=O) groups excluding carboxylic acids is 1. The molecule has 1 N–H and O–H groups in total. The molecule has 0 saturated carbocycles. The van der Waals surface area contributed by atoms with Crippen LogP contribution < -0.4 is 10.1 Å². The summed E-state index contributed by atoms with van der Waals surface area (Å²) in [6.45, 7) is 8.11. The lowest BCUT2D eigenvalue weighted by Crippen LogP contribution is -2.56. The molecule has 0 spiro atoms. The summed E-state index contributed by atoms with van der Waals surface area (Å²) in [5, 5.41) is 3.61. The molecule has 1 atom stereocenters. The van der Waals surface area contributed by atoms with Gasteiger partial charge in [0.2, 0.25) is 0 Å². The minimum Gasteiger partial charge on any atom is -0.454 e. The van der Waals surface area contributed by atoms with Gasteiger partial charge in [0, 0.05) is 36.4 Å². The Balaban J connectivity index is 1.40. The molecule has 0 bridgehead atoms. The molecule has 3 aromatic rings. The normalized spacial score (nSPS) is 17.2. The third-order valence-electron chi connectivity index (χ3n) is 6.22. The Kier molecular flexibility index (Phi) is 5.92. The van der Waals surface area contributed by atoms with E-state index < -0.39 is 0 Å². The lowest BCUT2D eigenvalue weighted by Gasteiger charge is -2.41. The van der Waals surface area contributed by atoms with Crippen molar-refractivity contribution in [3.8, 4) is 11.5 Å². The number of ether oxygens (including phenoxy) is 1. The van der Waals surface area contributed by atoms with Crippen LogP contribution >= 0.6 is 11.6 Å². The zero-order valence-electron chi connectivity index (χ0n) is 19.5. The lowest BCUT2D eigenvalue weighted by molar-refractivity contribution is 0.145. The summed E-state index contributed by atoms with van der Waals surface area (Å²) in [6, 6.07) is 19.3. The van der Waals surface area contributed by atoms with E-state index in [0.717, 1.165) is 45.4 Å². The van der Waals surface area contributed by atoms with Crippen LogP contribution in [-0.2, 0) is 0 Å². The quantitative estimate of drug-likeness (QED) is 0.445. The highest BCUT2D eigenvalue weighted by molar-refractivity contribution is 6.30. The first-order valence-corrected chi connectivity index (χ1v) is 11.8. The molecular weight excluding hydrogens is 448 g/mol. The Morgan fingerprint density at radius 2 is 1.74 bits per heavy atom. The van der Waals surface area contributed by atoms with Crippen molar-refractivity contribution in [2.45, 2.75) is 26.8 Å². The van der Waals surface area contributed by atoms with E-state index in [4.69, 9.17) is 21.3 Å². The molecule has 2 aliphatic rings. The van der Waals surface area contributed by atoms with Crippen molar-refractivity contribution >= 4 is 34.8 Å². The number of amides is 2. The predicted octanol–water partition coefficient (Wildman–Crippen LogP) is 6.38. The maximum Gasteiger partial charge on any atom is 0.322 e. The summed E-state index contributed by atoms with van der Waals surface area (Å²) in [6.07, 6.45) is 0. The van der Waals surface area contributed by atoms with Gasteiger partial charge in [-0.3, -0.25) is 0 Å². The summed E-state index contributed by atoms with van der Waals surface area (Å²) >= 11 is 5.96. The highest BCUT2D eigenvalue weighted by Gasteiger charge is 2.31. The molecule has 0 aliphatic carbocycles. The number of nitrogens with one attached hydrogen (secondary N) is 1. The molecule has 1 fully saturated rings. The van der Waals surface area contributed by atoms with Crippen LogP contribution in [0.2, 0.25) is 5.02 Å². The summed E-state index contributed by atoms with van der Waals surface area (Å²) in [4.78, 5) is 22.1. The Labute approximate surface area is 204 Å². The zero-order valence-corrected chi connectivity index (χ0v) is 20.3. The van der Waals surface area contributed by atoms with Crippen LogP contribution in [0, 0.1) is 13.8 Å². The molecule has 2 heterocycles. The summed E-state index contributed by atoms with van der Waals surface area (Å²) in [5.41, 5.74) is 4.78. The monoisotopic (exact) mass is 474 g/mol. The Morgan fingerprint density at radius 1 is 1.00 bits per heavy atom. The van der Waals surface area contributed by atoms with Crippen molar-refractivity contribution in [2.75, 3.05) is 25.0 Å². The molecule has 6 nitrogen and oxygen atoms in total. The molecular formula is C27H27ClN4O2. The fourth-order valence-electron chi connectivity index (χ4n) is 4.42. The van der Waals surface area contributed by atoms with Crippen LogP contribution in [0.25, 0.3) is 0 Å². The smallest absolute Gasteiger partial charge is 0.322 e. The van der Waals surface area contributed by atoms with Gasteiger partial charge in [-0.05, 0) is 74.9 Å². The second-order valence-electron chi connectivity index (χ2n) is 8.93. The number of halogens is 1. The third-order valence-corrected chi connectivity index (χ3v) is 6.47. The van der Waals surface area contributed by atoms with Gasteiger partial charge in [0.05, 0.1) is 5.56 Å². The molecule has 0 unspecified atom stereocenters. The highest BCUT2D eigenvalue weighted by Crippen LogP contribution is 2.39. The van der Waals surface area contributed by atoms with Gasteiger partial charge in [0.25, 0.3) is 0 Å². The van der Waals surface area contributed by atoms with E-state index in [-0.39, 0.29) is 12.1 Å². The highest BCUT2D eigenvalue weighted by atomic mass is 35.5. The average Bonchev–Trinajstić information content (AvgIpc) is 2.96. The number of amidine groups is 1. The first-order chi connectivity index (χ1) is 16.4. The molecule has 0 radical (unpaired) electrons. The SMILES string of the molecule is Cc1ccc2c(c1)Oc1ccc(C)cc1C(N1CCN(C(=O)Nc3ccc(Cl)cc3)[C@H](C)C1)=N2. The number of anilines is 1. The van der Waals surface area contributed by atoms with E-state index in [9.17, 15) is 4.79 Å². The number of carbonyl (C=O) groups is 1. The molecule has 0 aromatic heterocycles. The number of rotatable bonds is 1. The van der Waals surface area contributed by atoms with Crippen molar-refractivity contribution in [3.05, 3.63) is 82.4 Å². The van der Waals surface area contributed by atoms with Gasteiger partial charge < -0.3 is 19.9 Å². The van der Waals surface area contributed by atoms with Gasteiger partial charge in [-0.25, -0.2) is 9.79 Å². The summed E-state index contributed by atoms with van der Waals surface area (Å²) in [7, 11) is 0. The van der Waals surface area contributed by atoms with Gasteiger partial charge in [-0.15, -0.1) is 0 Å². The molecule has 3 aromatic carbocycles. The number of piperazine rings is 1. The number of nitrogens with zero attached hydrogens (tertiary/aromatic N) is 3. The number of fused-ring (bicyclic) bond motifs is 2. The molecule has 34 heavy (non-hydrogen) atoms. The Morgan fingerprint density at radius 3 is 2.50 bits per heavy atom. The lowest BCUT2D eigenvalue weighted by atomic mass is 10.1. The number of hydrogen-bond acceptors (Lipinski definition) is 4. The second-order valence-corrected chi connectivity index (χ2v) is 9.37. The Bertz CT molecular complexity index is 1270. The van der Waals surface area contributed by atoms with Crippen LogP contribution in [-0.4, -0.2) is 47.3 Å². The van der Waals surface area contributed by atoms with Crippen molar-refractivity contribution < 1.29 is 9.53 Å². The summed E-state index contributed by atoms with van der Waals surface area (Å²) in [5.74, 6) is 2.43. The minimum absolute atomic E-state index is 0.00123. The molecule has 1 saturated heterocycles. The third kappa shape index (κ3) is 4.46. The van der Waals surface area contributed by atoms with Gasteiger partial charge >= 0.3 is 6.03 Å². The first kappa shape index (κ1) is 22.3. The number of aliphatic imine (C=N–C) groups is 1. The predicted molar refractivity (Wildman–Crippen MR) is 137 cm³/mol. The maximum absolute atomic E-state index is 13.0. The van der Waals surface area contributed by atoms with E-state index in [1.807, 2.05) is 36.1 Å². The fourth-order valence-corrected chi connectivity index (χ4v) is 4.54. The van der Waals surface area contributed by atoms with Crippen molar-refractivity contribution in [3.63, 3.8) is 0 Å². The van der Waals surface area contributed by atoms with Gasteiger partial charge in [0.15, 0.2) is 5.75 Å². The van der Waals surface area contributed by atoms with Crippen LogP contribution in [0.15, 0.2) is 65.7 Å². The second kappa shape index (κ2) is 9.03. The molecule has 2 aliphatic heterocycles. The molecule has 7 heteroatoms. The van der Waals surface area contributed by atoms with Gasteiger partial charge in [-0.1, -0.05) is 29.3 Å². The van der Waals surface area contributed by atoms with E-state index >= 15 is 0 Å². The van der Waals surface area contributed by atoms with Crippen LogP contribution in [0.1, 0.15) is 23.6 Å². The zero-order chi connectivity index (χ0) is 23.8. The van der Waals surface area contributed by atoms with Crippen molar-refractivity contribution in [1.29, 1.82) is 0 Å². The first-order valence-electron chi connectivity index (χ1n) is 11.4. The maximum atomic E-state index is 13.0. The van der Waals surface area contributed by atoms with E-state index in [1.165, 1.54) is 0 Å². The largest absolute Gasteiger partial charge is 0.454 e. The standard InChI is InChI=1S/C27H27ClN4O2/c1-17-5-11-24-22(14-17)26(30-23-10-4-18(2)15-25(23)34-24)31-12-13-32(19(3)16-31)27(33)29-21-8-6-20(28)7-9-21/h4-11,14-15,19H,12-13,16H2,1-3H3,(H,29,33)/t19-/m1/s1. The van der Waals surface area contributed by atoms with Crippen molar-refractivity contribution in [2.24, 2.45) is 4.99 Å². The number of benzene rings is 3. The number of aryl methyl sites for hydroxylation is 2. The summed E-state index contributed by atoms with van der Waals surface area (Å²) < 4.78 is 6.30. The fraction of sp³-hybridized carbons (Fsp3) is 0.259. The number of urea groups is 1. The minimum atomic E-state index is -0.113. The molecule has 5 rings (SSSR count). The van der Waals surface area contributed by atoms with Crippen molar-refractivity contribution in [1.82, 2.24) is 9.80 Å². The van der Waals surface area contributed by atoms with Gasteiger partial charge in [-0.2, -0.15) is 0 Å². The topological polar surface area (TPSA) is 57.2 Å². The van der Waals surface area contributed by atoms with E-state index in [0.29, 0.717) is 24.7 Å². The molecule has 174 valence electrons.